The molecule has 0 amide bonds. The fraction of sp³-hybridized carbons (Fsp3) is 0.857. The van der Waals surface area contributed by atoms with Gasteiger partial charge in [-0.1, -0.05) is 68.7 Å². The van der Waals surface area contributed by atoms with Crippen LogP contribution < -0.4 is 5.32 Å². The molecule has 3 aliphatic rings. The number of anilines is 1. The average molecular weight is 739 g/mol. The Bertz CT molecular complexity index is 1460. The van der Waals surface area contributed by atoms with E-state index < -0.39 is 37.3 Å². The summed E-state index contributed by atoms with van der Waals surface area (Å²) in [6, 6.07) is 0.405. The van der Waals surface area contributed by atoms with Gasteiger partial charge in [-0.2, -0.15) is 0 Å². The van der Waals surface area contributed by atoms with Crippen LogP contribution in [0.25, 0.3) is 11.2 Å². The van der Waals surface area contributed by atoms with Crippen molar-refractivity contribution < 1.29 is 18.0 Å². The summed E-state index contributed by atoms with van der Waals surface area (Å²) in [5, 5.41) is 4.07. The van der Waals surface area contributed by atoms with E-state index >= 15 is 0 Å². The number of halogens is 1. The van der Waals surface area contributed by atoms with Gasteiger partial charge in [0.05, 0.1) is 6.61 Å². The van der Waals surface area contributed by atoms with Crippen molar-refractivity contribution in [3.63, 3.8) is 0 Å². The van der Waals surface area contributed by atoms with Crippen molar-refractivity contribution in [3.05, 3.63) is 11.6 Å². The smallest absolute Gasteiger partial charge is 0.207 e. The maximum atomic E-state index is 7.38. The van der Waals surface area contributed by atoms with Crippen LogP contribution in [0.1, 0.15) is 94.2 Å². The van der Waals surface area contributed by atoms with Crippen molar-refractivity contribution in [1.82, 2.24) is 19.5 Å². The van der Waals surface area contributed by atoms with Crippen LogP contribution in [0.3, 0.4) is 0 Å². The minimum absolute atomic E-state index is 0.00965. The third-order valence-corrected chi connectivity index (χ3v) is 26.6. The zero-order valence-electron chi connectivity index (χ0n) is 32.5. The van der Waals surface area contributed by atoms with Gasteiger partial charge < -0.3 is 23.3 Å². The molecule has 0 unspecified atom stereocenters. The second kappa shape index (κ2) is 13.0. The van der Waals surface area contributed by atoms with Gasteiger partial charge in [-0.05, 0) is 97.1 Å². The van der Waals surface area contributed by atoms with E-state index in [-0.39, 0.29) is 27.3 Å². The third-order valence-electron chi connectivity index (χ3n) is 12.9. The number of rotatable bonds is 10. The molecule has 2 bridgehead atoms. The molecule has 0 spiro atoms. The normalized spacial score (nSPS) is 29.0. The highest BCUT2D eigenvalue weighted by Crippen LogP contribution is 2.49. The van der Waals surface area contributed by atoms with Gasteiger partial charge in [-0.3, -0.25) is 4.57 Å². The fourth-order valence-corrected chi connectivity index (χ4v) is 10.5. The van der Waals surface area contributed by atoms with Crippen LogP contribution in [0.2, 0.25) is 59.7 Å². The Balaban J connectivity index is 1.59. The molecule has 13 heteroatoms. The predicted octanol–water partition coefficient (Wildman–Crippen LogP) is 9.78. The standard InChI is InChI=1S/C35H64ClN5O4Si3/c1-33(2,3)46(10,11)42-20-25-27(44-47(12,13)34(4,5)6)28(45-48(14,15)35(7,8)9)31(43-25)41-30-26(40-32(41)36)29(37-21-38-30)39-24-19-22-16-17-23(24)18-22/h21-25,27-28,31H,16-20H2,1-15H3,(H,37,38,39)/t22-,23+,24-,25-,27-,28-,31-/m1/s1. The summed E-state index contributed by atoms with van der Waals surface area (Å²) in [5.74, 6) is 2.24. The van der Waals surface area contributed by atoms with Crippen LogP contribution in [-0.4, -0.2) is 75.4 Å². The largest absolute Gasteiger partial charge is 0.414 e. The first kappa shape index (κ1) is 38.4. The maximum Gasteiger partial charge on any atom is 0.207 e. The molecule has 1 saturated heterocycles. The number of hydrogen-bond donors (Lipinski definition) is 1. The molecule has 0 radical (unpaired) electrons. The molecule has 3 fully saturated rings. The van der Waals surface area contributed by atoms with E-state index in [9.17, 15) is 0 Å². The average Bonchev–Trinajstić information content (AvgIpc) is 3.69. The van der Waals surface area contributed by atoms with E-state index in [0.29, 0.717) is 35.0 Å². The fourth-order valence-electron chi connectivity index (χ4n) is 6.67. The highest BCUT2D eigenvalue weighted by atomic mass is 35.5. The Morgan fingerprint density at radius 3 is 1.94 bits per heavy atom. The lowest BCUT2D eigenvalue weighted by Gasteiger charge is -2.44. The summed E-state index contributed by atoms with van der Waals surface area (Å²) >= 11 is 7.11. The number of nitrogens with one attached hydrogen (secondary N) is 1. The van der Waals surface area contributed by atoms with Crippen molar-refractivity contribution in [1.29, 1.82) is 0 Å². The Labute approximate surface area is 298 Å². The number of hydrogen-bond acceptors (Lipinski definition) is 8. The molecule has 1 N–H and O–H groups in total. The first-order valence-corrected chi connectivity index (χ1v) is 27.2. The van der Waals surface area contributed by atoms with Gasteiger partial charge in [0.2, 0.25) is 5.28 Å². The van der Waals surface area contributed by atoms with E-state index in [1.54, 1.807) is 6.33 Å². The summed E-state index contributed by atoms with van der Waals surface area (Å²) in [6.45, 7) is 34.6. The molecule has 7 atom stereocenters. The Hall–Kier alpha value is -0.869. The third kappa shape index (κ3) is 7.38. The van der Waals surface area contributed by atoms with Crippen LogP contribution in [0.15, 0.2) is 6.33 Å². The van der Waals surface area contributed by atoms with Crippen molar-refractivity contribution in [2.45, 2.75) is 173 Å². The molecule has 2 aromatic heterocycles. The van der Waals surface area contributed by atoms with Crippen LogP contribution >= 0.6 is 11.6 Å². The summed E-state index contributed by atoms with van der Waals surface area (Å²) in [5.41, 5.74) is 1.31. The van der Waals surface area contributed by atoms with Crippen molar-refractivity contribution in [3.8, 4) is 0 Å². The predicted molar refractivity (Wildman–Crippen MR) is 204 cm³/mol. The molecule has 2 saturated carbocycles. The Morgan fingerprint density at radius 1 is 0.833 bits per heavy atom. The lowest BCUT2D eigenvalue weighted by atomic mass is 9.95. The molecule has 2 aromatic rings. The minimum atomic E-state index is -2.33. The molecule has 9 nitrogen and oxygen atoms in total. The van der Waals surface area contributed by atoms with Crippen LogP contribution in [0.4, 0.5) is 5.82 Å². The highest BCUT2D eigenvalue weighted by molar-refractivity contribution is 6.75. The molecule has 2 aliphatic carbocycles. The number of imidazole rings is 1. The molecule has 272 valence electrons. The van der Waals surface area contributed by atoms with Crippen LogP contribution in [0.5, 0.6) is 0 Å². The maximum absolute atomic E-state index is 7.38. The number of ether oxygens (including phenoxy) is 1. The molecule has 48 heavy (non-hydrogen) atoms. The molecule has 5 rings (SSSR count). The molecule has 1 aliphatic heterocycles. The first-order chi connectivity index (χ1) is 21.8. The minimum Gasteiger partial charge on any atom is -0.414 e. The molecular weight excluding hydrogens is 674 g/mol. The van der Waals surface area contributed by atoms with E-state index in [4.69, 9.17) is 39.6 Å². The van der Waals surface area contributed by atoms with E-state index in [2.05, 4.69) is 112 Å². The topological polar surface area (TPSA) is 92.6 Å². The summed E-state index contributed by atoms with van der Waals surface area (Å²) in [4.78, 5) is 14.3. The second-order valence-corrected chi connectivity index (χ2v) is 34.1. The van der Waals surface area contributed by atoms with Gasteiger partial charge in [0.15, 0.2) is 48.2 Å². The highest BCUT2D eigenvalue weighted by Gasteiger charge is 2.55. The van der Waals surface area contributed by atoms with E-state index in [1.165, 1.54) is 25.7 Å². The first-order valence-electron chi connectivity index (χ1n) is 18.1. The molecule has 3 heterocycles. The van der Waals surface area contributed by atoms with Crippen molar-refractivity contribution >= 4 is 53.5 Å². The number of aromatic nitrogens is 4. The summed E-state index contributed by atoms with van der Waals surface area (Å²) in [7, 11) is -6.72. The lowest BCUT2D eigenvalue weighted by molar-refractivity contribution is -0.0469. The van der Waals surface area contributed by atoms with Gasteiger partial charge in [0.25, 0.3) is 0 Å². The van der Waals surface area contributed by atoms with Gasteiger partial charge in [0.1, 0.15) is 24.6 Å². The number of nitrogens with zero attached hydrogens (tertiary/aromatic N) is 4. The van der Waals surface area contributed by atoms with Crippen LogP contribution in [0, 0.1) is 11.8 Å². The summed E-state index contributed by atoms with van der Waals surface area (Å²) < 4.78 is 30.6. The van der Waals surface area contributed by atoms with Gasteiger partial charge in [-0.25, -0.2) is 15.0 Å². The molecular formula is C35H64ClN5O4Si3. The lowest BCUT2D eigenvalue weighted by Crippen LogP contribution is -2.54. The van der Waals surface area contributed by atoms with E-state index in [1.807, 2.05) is 4.57 Å². The van der Waals surface area contributed by atoms with Crippen molar-refractivity contribution in [2.75, 3.05) is 11.9 Å². The van der Waals surface area contributed by atoms with E-state index in [0.717, 1.165) is 11.7 Å². The Kier molecular flexibility index (Phi) is 10.4. The Morgan fingerprint density at radius 2 is 1.42 bits per heavy atom. The van der Waals surface area contributed by atoms with Gasteiger partial charge in [-0.15, -0.1) is 0 Å². The van der Waals surface area contributed by atoms with Gasteiger partial charge >= 0.3 is 0 Å². The number of fused-ring (bicyclic) bond motifs is 3. The summed E-state index contributed by atoms with van der Waals surface area (Å²) in [6.07, 6.45) is 4.94. The second-order valence-electron chi connectivity index (χ2n) is 19.4. The monoisotopic (exact) mass is 737 g/mol. The quantitative estimate of drug-likeness (QED) is 0.190. The molecule has 0 aromatic carbocycles. The SMILES string of the molecule is CC(C)(C)[Si](C)(C)OC[C@H]1O[C@@H](n2c(Cl)nc3c(N[C@@H]4C[C@@H]5CC[C@H]4C5)ncnc32)[C@H](O[Si](C)(C)C(C)(C)C)[C@@H]1O[Si](C)(C)C(C)(C)C. The van der Waals surface area contributed by atoms with Gasteiger partial charge in [0, 0.05) is 6.04 Å². The zero-order valence-corrected chi connectivity index (χ0v) is 36.2. The zero-order chi connectivity index (χ0) is 35.8. The van der Waals surface area contributed by atoms with Crippen molar-refractivity contribution in [2.24, 2.45) is 11.8 Å². The van der Waals surface area contributed by atoms with Crippen LogP contribution in [-0.2, 0) is 18.0 Å².